The van der Waals surface area contributed by atoms with Gasteiger partial charge in [0.2, 0.25) is 0 Å². The number of carboxylic acid groups (broad SMARTS) is 1. The van der Waals surface area contributed by atoms with Crippen LogP contribution >= 0.6 is 0 Å². The second kappa shape index (κ2) is 5.03. The molecule has 2 rings (SSSR count). The third-order valence-corrected chi connectivity index (χ3v) is 2.87. The van der Waals surface area contributed by atoms with Crippen molar-refractivity contribution in [3.8, 4) is 0 Å². The van der Waals surface area contributed by atoms with E-state index in [1.165, 1.54) is 16.8 Å². The molecule has 0 saturated carbocycles. The number of benzene rings is 1. The Balaban J connectivity index is 2.45. The molecule has 0 bridgehead atoms. The van der Waals surface area contributed by atoms with Gasteiger partial charge in [0.1, 0.15) is 5.82 Å². The monoisotopic (exact) mass is 277 g/mol. The third kappa shape index (κ3) is 2.84. The molecule has 5 nitrogen and oxygen atoms in total. The number of carbonyl (C=O) groups is 1. The highest BCUT2D eigenvalue weighted by atomic mass is 19.1. The van der Waals surface area contributed by atoms with E-state index in [-0.39, 0.29) is 18.1 Å². The quantitative estimate of drug-likeness (QED) is 0.935. The van der Waals surface area contributed by atoms with Crippen molar-refractivity contribution in [2.75, 3.05) is 0 Å². The summed E-state index contributed by atoms with van der Waals surface area (Å²) in [5.41, 5.74) is 0.741. The first-order chi connectivity index (χ1) is 9.29. The lowest BCUT2D eigenvalue weighted by molar-refractivity contribution is 0.0687. The maximum absolute atomic E-state index is 13.2. The molecule has 20 heavy (non-hydrogen) atoms. The van der Waals surface area contributed by atoms with E-state index in [0.717, 1.165) is 0 Å². The zero-order valence-corrected chi connectivity index (χ0v) is 11.6. The van der Waals surface area contributed by atoms with Crippen LogP contribution in [0.25, 0.3) is 0 Å². The van der Waals surface area contributed by atoms with Crippen molar-refractivity contribution in [1.29, 1.82) is 0 Å². The molecular formula is C14H16FN3O2. The van der Waals surface area contributed by atoms with Crippen LogP contribution in [-0.4, -0.2) is 26.1 Å². The first-order valence-corrected chi connectivity index (χ1v) is 6.21. The second-order valence-corrected chi connectivity index (χ2v) is 5.63. The molecule has 0 aliphatic carbocycles. The highest BCUT2D eigenvalue weighted by Gasteiger charge is 2.28. The van der Waals surface area contributed by atoms with Crippen LogP contribution in [-0.2, 0) is 12.0 Å². The zero-order valence-electron chi connectivity index (χ0n) is 11.6. The highest BCUT2D eigenvalue weighted by molar-refractivity contribution is 5.86. The predicted molar refractivity (Wildman–Crippen MR) is 71.2 cm³/mol. The molecule has 1 aromatic heterocycles. The highest BCUT2D eigenvalue weighted by Crippen LogP contribution is 2.25. The minimum atomic E-state index is -1.11. The van der Waals surface area contributed by atoms with E-state index in [1.54, 1.807) is 12.1 Å². The van der Waals surface area contributed by atoms with Crippen LogP contribution in [0.15, 0.2) is 24.3 Å². The summed E-state index contributed by atoms with van der Waals surface area (Å²) in [4.78, 5) is 11.2. The van der Waals surface area contributed by atoms with E-state index >= 15 is 0 Å². The summed E-state index contributed by atoms with van der Waals surface area (Å²) in [6.45, 7) is 5.95. The molecule has 106 valence electrons. The first kappa shape index (κ1) is 14.2. The van der Waals surface area contributed by atoms with Crippen molar-refractivity contribution in [3.05, 3.63) is 47.0 Å². The van der Waals surface area contributed by atoms with Crippen LogP contribution in [0.5, 0.6) is 0 Å². The number of hydrogen-bond donors (Lipinski definition) is 1. The van der Waals surface area contributed by atoms with Crippen molar-refractivity contribution in [3.63, 3.8) is 0 Å². The predicted octanol–water partition coefficient (Wildman–Crippen LogP) is 2.46. The maximum atomic E-state index is 13.2. The van der Waals surface area contributed by atoms with Crippen LogP contribution in [0.1, 0.15) is 42.5 Å². The summed E-state index contributed by atoms with van der Waals surface area (Å²) in [6, 6.07) is 6.13. The molecule has 0 spiro atoms. The molecule has 0 atom stereocenters. The maximum Gasteiger partial charge on any atom is 0.358 e. The number of nitrogens with zero attached hydrogens (tertiary/aromatic N) is 3. The van der Waals surface area contributed by atoms with Gasteiger partial charge in [0, 0.05) is 5.41 Å². The van der Waals surface area contributed by atoms with Crippen molar-refractivity contribution in [2.24, 2.45) is 0 Å². The van der Waals surface area contributed by atoms with Gasteiger partial charge in [-0.05, 0) is 17.7 Å². The summed E-state index contributed by atoms with van der Waals surface area (Å²) in [6.07, 6.45) is 0. The van der Waals surface area contributed by atoms with Crippen LogP contribution in [0.4, 0.5) is 4.39 Å². The fourth-order valence-corrected chi connectivity index (χ4v) is 2.12. The molecule has 0 aliphatic heterocycles. The Morgan fingerprint density at radius 3 is 2.65 bits per heavy atom. The Labute approximate surface area is 116 Å². The van der Waals surface area contributed by atoms with E-state index in [2.05, 4.69) is 10.3 Å². The van der Waals surface area contributed by atoms with Gasteiger partial charge in [-0.1, -0.05) is 38.1 Å². The van der Waals surface area contributed by atoms with Crippen molar-refractivity contribution < 1.29 is 14.3 Å². The minimum absolute atomic E-state index is 0.0612. The Hall–Kier alpha value is -2.24. The molecule has 6 heteroatoms. The first-order valence-electron chi connectivity index (χ1n) is 6.21. The number of aromatic nitrogens is 3. The van der Waals surface area contributed by atoms with E-state index < -0.39 is 11.4 Å². The lowest BCUT2D eigenvalue weighted by Crippen LogP contribution is -2.22. The number of aromatic carboxylic acids is 1. The Morgan fingerprint density at radius 2 is 2.10 bits per heavy atom. The lowest BCUT2D eigenvalue weighted by atomic mass is 9.90. The van der Waals surface area contributed by atoms with Gasteiger partial charge in [-0.25, -0.2) is 13.9 Å². The van der Waals surface area contributed by atoms with Crippen molar-refractivity contribution >= 4 is 5.97 Å². The summed E-state index contributed by atoms with van der Waals surface area (Å²) in [5, 5.41) is 16.8. The lowest BCUT2D eigenvalue weighted by Gasteiger charge is -2.20. The largest absolute Gasteiger partial charge is 0.476 e. The second-order valence-electron chi connectivity index (χ2n) is 5.63. The van der Waals surface area contributed by atoms with E-state index in [4.69, 9.17) is 0 Å². The standard InChI is InChI=1S/C14H16FN3O2/c1-14(2,3)12-11(13(19)20)16-17-18(12)8-9-5-4-6-10(15)7-9/h4-7H,8H2,1-3H3,(H,19,20). The molecule has 1 N–H and O–H groups in total. The minimum Gasteiger partial charge on any atom is -0.476 e. The third-order valence-electron chi connectivity index (χ3n) is 2.87. The molecule has 2 aromatic rings. The zero-order chi connectivity index (χ0) is 14.9. The van der Waals surface area contributed by atoms with Gasteiger partial charge in [0.05, 0.1) is 12.2 Å². The van der Waals surface area contributed by atoms with Gasteiger partial charge in [-0.2, -0.15) is 0 Å². The SMILES string of the molecule is CC(C)(C)c1c(C(=O)O)nnn1Cc1cccc(F)c1. The molecule has 0 saturated heterocycles. The molecule has 0 amide bonds. The molecule has 1 heterocycles. The van der Waals surface area contributed by atoms with Gasteiger partial charge >= 0.3 is 5.97 Å². The van der Waals surface area contributed by atoms with E-state index in [1.807, 2.05) is 20.8 Å². The van der Waals surface area contributed by atoms with Crippen molar-refractivity contribution in [1.82, 2.24) is 15.0 Å². The van der Waals surface area contributed by atoms with Crippen molar-refractivity contribution in [2.45, 2.75) is 32.7 Å². The molecule has 0 unspecified atom stereocenters. The molecule has 0 radical (unpaired) electrons. The van der Waals surface area contributed by atoms with Gasteiger partial charge in [-0.3, -0.25) is 0 Å². The van der Waals surface area contributed by atoms with Crippen LogP contribution in [0.3, 0.4) is 0 Å². The van der Waals surface area contributed by atoms with Crippen LogP contribution in [0.2, 0.25) is 0 Å². The van der Waals surface area contributed by atoms with Crippen LogP contribution in [0, 0.1) is 5.82 Å². The summed E-state index contributed by atoms with van der Waals surface area (Å²) in [7, 11) is 0. The Morgan fingerprint density at radius 1 is 1.40 bits per heavy atom. The normalized spacial score (nSPS) is 11.6. The number of rotatable bonds is 3. The summed E-state index contributed by atoms with van der Waals surface area (Å²) in [5.74, 6) is -1.45. The summed E-state index contributed by atoms with van der Waals surface area (Å²) >= 11 is 0. The average Bonchev–Trinajstić information content (AvgIpc) is 2.72. The number of halogens is 1. The molecular weight excluding hydrogens is 261 g/mol. The van der Waals surface area contributed by atoms with E-state index in [9.17, 15) is 14.3 Å². The molecule has 0 aliphatic rings. The van der Waals surface area contributed by atoms with E-state index in [0.29, 0.717) is 11.3 Å². The molecule has 1 aromatic carbocycles. The van der Waals surface area contributed by atoms with Gasteiger partial charge in [-0.15, -0.1) is 5.10 Å². The topological polar surface area (TPSA) is 68.0 Å². The smallest absolute Gasteiger partial charge is 0.358 e. The van der Waals surface area contributed by atoms with Crippen LogP contribution < -0.4 is 0 Å². The average molecular weight is 277 g/mol. The van der Waals surface area contributed by atoms with Gasteiger partial charge in [0.25, 0.3) is 0 Å². The number of hydrogen-bond acceptors (Lipinski definition) is 3. The molecule has 0 fully saturated rings. The fourth-order valence-electron chi connectivity index (χ4n) is 2.12. The fraction of sp³-hybridized carbons (Fsp3) is 0.357. The number of carboxylic acids is 1. The van der Waals surface area contributed by atoms with Gasteiger partial charge < -0.3 is 5.11 Å². The summed E-state index contributed by atoms with van der Waals surface area (Å²) < 4.78 is 14.7. The van der Waals surface area contributed by atoms with Gasteiger partial charge in [0.15, 0.2) is 5.69 Å². The Bertz CT molecular complexity index is 644. The Kier molecular flexibility index (Phi) is 3.57.